The van der Waals surface area contributed by atoms with Crippen molar-refractivity contribution in [3.05, 3.63) is 100 Å². The van der Waals surface area contributed by atoms with Gasteiger partial charge in [0.15, 0.2) is 17.3 Å². The number of benzene rings is 3. The third kappa shape index (κ3) is 5.50. The molecule has 2 N–H and O–H groups in total. The van der Waals surface area contributed by atoms with Gasteiger partial charge in [0.25, 0.3) is 5.91 Å². The molecule has 0 radical (unpaired) electrons. The van der Waals surface area contributed by atoms with Gasteiger partial charge in [-0.25, -0.2) is 0 Å². The lowest BCUT2D eigenvalue weighted by molar-refractivity contribution is -0.116. The molecule has 2 atom stereocenters. The number of hydrogen-bond donors (Lipinski definition) is 2. The molecule has 0 spiro atoms. The molecular formula is C33H34N2O6. The second-order valence-electron chi connectivity index (χ2n) is 10.1. The molecule has 0 saturated carbocycles. The van der Waals surface area contributed by atoms with Crippen LogP contribution in [-0.4, -0.2) is 40.1 Å². The van der Waals surface area contributed by atoms with Crippen molar-refractivity contribution >= 4 is 17.4 Å². The lowest BCUT2D eigenvalue weighted by atomic mass is 9.71. The Morgan fingerprint density at radius 2 is 1.39 bits per heavy atom. The van der Waals surface area contributed by atoms with Crippen molar-refractivity contribution in [1.82, 2.24) is 5.32 Å². The maximum atomic E-state index is 14.0. The molecule has 1 aliphatic carbocycles. The Bertz CT molecular complexity index is 1520. The topological polar surface area (TPSA) is 95.1 Å². The highest BCUT2D eigenvalue weighted by molar-refractivity contribution is 6.10. The summed E-state index contributed by atoms with van der Waals surface area (Å²) in [4.78, 5) is 27.8. The summed E-state index contributed by atoms with van der Waals surface area (Å²) in [5.41, 5.74) is 5.14. The van der Waals surface area contributed by atoms with E-state index in [1.165, 1.54) is 0 Å². The zero-order chi connectivity index (χ0) is 29.1. The van der Waals surface area contributed by atoms with E-state index in [1.807, 2.05) is 49.4 Å². The van der Waals surface area contributed by atoms with Gasteiger partial charge in [-0.15, -0.1) is 0 Å². The summed E-state index contributed by atoms with van der Waals surface area (Å²) >= 11 is 0. The van der Waals surface area contributed by atoms with Crippen molar-refractivity contribution in [2.75, 3.05) is 33.8 Å². The number of ketones is 1. The number of anilines is 1. The average Bonchev–Trinajstić information content (AvgIpc) is 3.00. The van der Waals surface area contributed by atoms with Crippen molar-refractivity contribution in [2.45, 2.75) is 31.6 Å². The molecule has 1 amide bonds. The van der Waals surface area contributed by atoms with Gasteiger partial charge >= 0.3 is 0 Å². The summed E-state index contributed by atoms with van der Waals surface area (Å²) in [5.74, 6) is 1.80. The van der Waals surface area contributed by atoms with Crippen LogP contribution in [0.5, 0.6) is 23.0 Å². The van der Waals surface area contributed by atoms with E-state index in [0.717, 1.165) is 16.8 Å². The lowest BCUT2D eigenvalue weighted by Crippen LogP contribution is -2.37. The number of ether oxygens (including phenoxy) is 4. The van der Waals surface area contributed by atoms with Crippen molar-refractivity contribution in [2.24, 2.45) is 0 Å². The van der Waals surface area contributed by atoms with Crippen molar-refractivity contribution in [1.29, 1.82) is 0 Å². The zero-order valence-electron chi connectivity index (χ0n) is 23.9. The van der Waals surface area contributed by atoms with E-state index in [1.54, 1.807) is 52.7 Å². The number of hydrogen-bond acceptors (Lipinski definition) is 7. The Hall–Kier alpha value is -4.72. The molecule has 8 nitrogen and oxygen atoms in total. The third-order valence-electron chi connectivity index (χ3n) is 7.75. The van der Waals surface area contributed by atoms with Crippen LogP contribution in [0.15, 0.2) is 89.3 Å². The second kappa shape index (κ2) is 11.8. The van der Waals surface area contributed by atoms with Crippen LogP contribution in [0.2, 0.25) is 0 Å². The molecule has 3 aromatic rings. The van der Waals surface area contributed by atoms with Gasteiger partial charge in [-0.3, -0.25) is 9.59 Å². The minimum Gasteiger partial charge on any atom is -0.497 e. The Morgan fingerprint density at radius 1 is 0.780 bits per heavy atom. The summed E-state index contributed by atoms with van der Waals surface area (Å²) in [7, 11) is 6.40. The van der Waals surface area contributed by atoms with E-state index in [2.05, 4.69) is 10.6 Å². The number of rotatable bonds is 8. The highest BCUT2D eigenvalue weighted by atomic mass is 16.5. The Kier molecular flexibility index (Phi) is 8.01. The third-order valence-corrected chi connectivity index (χ3v) is 7.75. The minimum absolute atomic E-state index is 0.00148. The van der Waals surface area contributed by atoms with Crippen LogP contribution in [0.1, 0.15) is 42.7 Å². The van der Waals surface area contributed by atoms with Crippen LogP contribution in [-0.2, 0) is 9.59 Å². The van der Waals surface area contributed by atoms with Gasteiger partial charge in [-0.2, -0.15) is 0 Å². The highest BCUT2D eigenvalue weighted by Gasteiger charge is 2.41. The summed E-state index contributed by atoms with van der Waals surface area (Å²) in [5, 5.41) is 6.44. The number of dihydropyridines is 1. The smallest absolute Gasteiger partial charge is 0.254 e. The first-order chi connectivity index (χ1) is 19.9. The number of amides is 1. The largest absolute Gasteiger partial charge is 0.497 e. The maximum Gasteiger partial charge on any atom is 0.254 e. The fourth-order valence-electron chi connectivity index (χ4n) is 5.68. The molecule has 0 unspecified atom stereocenters. The first-order valence-corrected chi connectivity index (χ1v) is 13.4. The van der Waals surface area contributed by atoms with Gasteiger partial charge in [0.1, 0.15) is 11.5 Å². The molecule has 3 aromatic carbocycles. The average molecular weight is 555 g/mol. The van der Waals surface area contributed by atoms with Crippen LogP contribution in [0.3, 0.4) is 0 Å². The monoisotopic (exact) mass is 554 g/mol. The highest BCUT2D eigenvalue weighted by Crippen LogP contribution is 2.46. The Morgan fingerprint density at radius 3 is 2.00 bits per heavy atom. The predicted molar refractivity (Wildman–Crippen MR) is 157 cm³/mol. The first kappa shape index (κ1) is 27.8. The van der Waals surface area contributed by atoms with E-state index in [0.29, 0.717) is 58.4 Å². The lowest BCUT2D eigenvalue weighted by Gasteiger charge is -2.37. The molecule has 0 fully saturated rings. The Balaban J connectivity index is 1.53. The fraction of sp³-hybridized carbons (Fsp3) is 0.273. The van der Waals surface area contributed by atoms with E-state index < -0.39 is 5.92 Å². The van der Waals surface area contributed by atoms with Gasteiger partial charge in [0.2, 0.25) is 0 Å². The van der Waals surface area contributed by atoms with Crippen LogP contribution in [0.25, 0.3) is 0 Å². The van der Waals surface area contributed by atoms with Gasteiger partial charge in [0, 0.05) is 40.6 Å². The maximum absolute atomic E-state index is 14.0. The van der Waals surface area contributed by atoms with Crippen LogP contribution >= 0.6 is 0 Å². The fourth-order valence-corrected chi connectivity index (χ4v) is 5.68. The van der Waals surface area contributed by atoms with Gasteiger partial charge in [0.05, 0.1) is 28.4 Å². The normalized spacial score (nSPS) is 18.3. The number of carbonyl (C=O) groups is 2. The van der Waals surface area contributed by atoms with Crippen LogP contribution < -0.4 is 29.6 Å². The Labute approximate surface area is 240 Å². The zero-order valence-corrected chi connectivity index (χ0v) is 23.9. The minimum atomic E-state index is -0.533. The van der Waals surface area contributed by atoms with E-state index in [-0.39, 0.29) is 17.6 Å². The molecule has 5 rings (SSSR count). The molecule has 8 heteroatoms. The second-order valence-corrected chi connectivity index (χ2v) is 10.1. The molecule has 41 heavy (non-hydrogen) atoms. The summed E-state index contributed by atoms with van der Waals surface area (Å²) in [6.07, 6.45) is 0.934. The molecular weight excluding hydrogens is 520 g/mol. The van der Waals surface area contributed by atoms with E-state index >= 15 is 0 Å². The number of carbonyl (C=O) groups excluding carboxylic acids is 2. The quantitative estimate of drug-likeness (QED) is 0.368. The number of allylic oxidation sites excluding steroid dienone is 3. The summed E-state index contributed by atoms with van der Waals surface area (Å²) < 4.78 is 21.5. The summed E-state index contributed by atoms with van der Waals surface area (Å²) in [6, 6.07) is 20.5. The van der Waals surface area contributed by atoms with Crippen molar-refractivity contribution < 1.29 is 28.5 Å². The van der Waals surface area contributed by atoms with Gasteiger partial charge in [-0.1, -0.05) is 18.2 Å². The number of Topliss-reactive ketones (excluding diaryl/α,β-unsaturated/α-hetero) is 1. The molecule has 1 aliphatic heterocycles. The van der Waals surface area contributed by atoms with E-state index in [9.17, 15) is 9.59 Å². The van der Waals surface area contributed by atoms with E-state index in [4.69, 9.17) is 18.9 Å². The standard InChI is InChI=1S/C33H34N2O6/c1-19-30(33(37)35-23-9-13-25(39-3)14-10-23)31(20-6-11-24(38-2)12-7-20)32-26(34-19)16-22(17-27(32)36)21-8-15-28(40-4)29(18-21)41-5/h6-15,18,22,31,34H,16-17H2,1-5H3,(H,35,37)/t22-,31-/m1/s1. The van der Waals surface area contributed by atoms with Crippen LogP contribution in [0.4, 0.5) is 5.69 Å². The first-order valence-electron chi connectivity index (χ1n) is 13.4. The van der Waals surface area contributed by atoms with Crippen molar-refractivity contribution in [3.8, 4) is 23.0 Å². The molecule has 212 valence electrons. The SMILES string of the molecule is COc1ccc(NC(=O)C2=C(C)NC3=C(C(=O)C[C@H](c4ccc(OC)c(OC)c4)C3)[C@@H]2c2ccc(OC)cc2)cc1. The molecule has 0 bridgehead atoms. The molecule has 0 aromatic heterocycles. The van der Waals surface area contributed by atoms with Gasteiger partial charge < -0.3 is 29.6 Å². The predicted octanol–water partition coefficient (Wildman–Crippen LogP) is 5.72. The van der Waals surface area contributed by atoms with Gasteiger partial charge in [-0.05, 0) is 78.9 Å². The number of methoxy groups -OCH3 is 4. The summed E-state index contributed by atoms with van der Waals surface area (Å²) in [6.45, 7) is 1.88. The number of nitrogens with one attached hydrogen (secondary N) is 2. The molecule has 1 heterocycles. The molecule has 2 aliphatic rings. The van der Waals surface area contributed by atoms with Crippen molar-refractivity contribution in [3.63, 3.8) is 0 Å². The van der Waals surface area contributed by atoms with Crippen LogP contribution in [0, 0.1) is 0 Å². The molecule has 0 saturated heterocycles.